The van der Waals surface area contributed by atoms with Crippen molar-refractivity contribution in [1.82, 2.24) is 5.32 Å². The van der Waals surface area contributed by atoms with E-state index in [1.54, 1.807) is 66.7 Å². The van der Waals surface area contributed by atoms with Gasteiger partial charge in [-0.15, -0.1) is 6.42 Å². The normalized spacial score (nSPS) is 21.3. The van der Waals surface area contributed by atoms with Crippen molar-refractivity contribution >= 4 is 46.4 Å². The monoisotopic (exact) mass is 567 g/mol. The van der Waals surface area contributed by atoms with Gasteiger partial charge in [-0.1, -0.05) is 47.3 Å². The zero-order valence-corrected chi connectivity index (χ0v) is 22.6. The fraction of sp³-hybridized carbons (Fsp3) is 0.125. The van der Waals surface area contributed by atoms with Crippen LogP contribution < -0.4 is 21.1 Å². The first kappa shape index (κ1) is 25.8. The Kier molecular flexibility index (Phi) is 6.42. The molecule has 2 aliphatic rings. The van der Waals surface area contributed by atoms with E-state index in [-0.39, 0.29) is 18.2 Å². The largest absolute Gasteiger partial charge is 0.457 e. The minimum absolute atomic E-state index is 0.0648. The highest BCUT2D eigenvalue weighted by Gasteiger charge is 2.61. The van der Waals surface area contributed by atoms with Crippen molar-refractivity contribution < 1.29 is 14.3 Å². The highest BCUT2D eigenvalue weighted by Crippen LogP contribution is 2.58. The van der Waals surface area contributed by atoms with E-state index in [0.29, 0.717) is 49.6 Å². The summed E-state index contributed by atoms with van der Waals surface area (Å²) in [5.74, 6) is 2.58. The molecule has 8 heteroatoms. The summed E-state index contributed by atoms with van der Waals surface area (Å²) in [5, 5.41) is 7.13. The lowest BCUT2D eigenvalue weighted by Crippen LogP contribution is -2.56. The summed E-state index contributed by atoms with van der Waals surface area (Å²) < 4.78 is 6.31. The smallest absolute Gasteiger partial charge is 0.238 e. The zero-order chi connectivity index (χ0) is 28.0. The second-order valence-electron chi connectivity index (χ2n) is 9.89. The second kappa shape index (κ2) is 9.95. The molecule has 1 fully saturated rings. The number of ether oxygens (including phenoxy) is 1. The molecule has 2 amide bonds. The number of piperidine rings is 1. The molecule has 1 spiro atoms. The third kappa shape index (κ3) is 4.24. The number of halogens is 2. The van der Waals surface area contributed by atoms with Crippen LogP contribution in [0.15, 0.2) is 84.9 Å². The molecule has 0 saturated carbocycles. The Morgan fingerprint density at radius 1 is 0.950 bits per heavy atom. The van der Waals surface area contributed by atoms with E-state index in [4.69, 9.17) is 40.1 Å². The van der Waals surface area contributed by atoms with Crippen molar-refractivity contribution in [1.29, 1.82) is 0 Å². The molecular weight excluding hydrogens is 545 g/mol. The minimum Gasteiger partial charge on any atom is -0.457 e. The number of terminal acetylenes is 1. The van der Waals surface area contributed by atoms with Gasteiger partial charge in [0.25, 0.3) is 0 Å². The summed E-state index contributed by atoms with van der Waals surface area (Å²) in [6.45, 7) is 0. The van der Waals surface area contributed by atoms with Gasteiger partial charge in [-0.3, -0.25) is 9.59 Å². The van der Waals surface area contributed by atoms with Gasteiger partial charge < -0.3 is 21.1 Å². The average molecular weight is 568 g/mol. The maximum atomic E-state index is 14.3. The second-order valence-corrected chi connectivity index (χ2v) is 10.8. The van der Waals surface area contributed by atoms with Crippen molar-refractivity contribution in [2.24, 2.45) is 0 Å². The van der Waals surface area contributed by atoms with Crippen LogP contribution in [-0.2, 0) is 15.0 Å². The van der Waals surface area contributed by atoms with Crippen LogP contribution in [0.25, 0.3) is 0 Å². The number of carbonyl (C=O) groups excluding carboxylic acids is 2. The van der Waals surface area contributed by atoms with E-state index in [1.807, 2.05) is 18.2 Å². The first-order chi connectivity index (χ1) is 19.3. The Morgan fingerprint density at radius 2 is 1.73 bits per heavy atom. The van der Waals surface area contributed by atoms with Crippen LogP contribution in [0.1, 0.15) is 40.6 Å². The van der Waals surface area contributed by atoms with Crippen LogP contribution in [0.3, 0.4) is 0 Å². The number of rotatable bonds is 4. The molecule has 6 nitrogen and oxygen atoms in total. The quantitative estimate of drug-likeness (QED) is 0.192. The summed E-state index contributed by atoms with van der Waals surface area (Å²) >= 11 is 12.7. The maximum Gasteiger partial charge on any atom is 0.238 e. The number of nitrogens with two attached hydrogens (primary N) is 1. The van der Waals surface area contributed by atoms with Crippen LogP contribution in [-0.4, -0.2) is 11.8 Å². The Hall–Kier alpha value is -4.44. The lowest BCUT2D eigenvalue weighted by molar-refractivity contribution is -0.131. The highest BCUT2D eigenvalue weighted by molar-refractivity contribution is 6.31. The van der Waals surface area contributed by atoms with Crippen LogP contribution in [0.4, 0.5) is 11.4 Å². The van der Waals surface area contributed by atoms with Crippen molar-refractivity contribution in [3.05, 3.63) is 117 Å². The van der Waals surface area contributed by atoms with Crippen molar-refractivity contribution in [3.63, 3.8) is 0 Å². The molecule has 0 radical (unpaired) electrons. The molecule has 0 bridgehead atoms. The van der Waals surface area contributed by atoms with E-state index in [9.17, 15) is 9.59 Å². The molecular formula is C32H23Cl2N3O3. The fourth-order valence-corrected chi connectivity index (χ4v) is 6.26. The number of nitrogen functional groups attached to an aromatic ring is 1. The molecule has 2 aliphatic heterocycles. The third-order valence-electron chi connectivity index (χ3n) is 7.60. The molecule has 2 heterocycles. The van der Waals surface area contributed by atoms with Crippen LogP contribution in [0.2, 0.25) is 10.0 Å². The van der Waals surface area contributed by atoms with E-state index in [2.05, 4.69) is 16.6 Å². The lowest BCUT2D eigenvalue weighted by Gasteiger charge is -2.46. The minimum atomic E-state index is -1.27. The average Bonchev–Trinajstić information content (AvgIpc) is 3.22. The van der Waals surface area contributed by atoms with Gasteiger partial charge in [0, 0.05) is 44.9 Å². The van der Waals surface area contributed by atoms with Gasteiger partial charge in [0.2, 0.25) is 11.8 Å². The molecule has 1 saturated heterocycles. The van der Waals surface area contributed by atoms with Gasteiger partial charge in [-0.05, 0) is 77.9 Å². The molecule has 0 aliphatic carbocycles. The molecule has 0 unspecified atom stereocenters. The van der Waals surface area contributed by atoms with E-state index < -0.39 is 17.4 Å². The Morgan fingerprint density at radius 3 is 2.48 bits per heavy atom. The van der Waals surface area contributed by atoms with E-state index in [1.165, 1.54) is 0 Å². The van der Waals surface area contributed by atoms with E-state index in [0.717, 1.165) is 5.56 Å². The maximum absolute atomic E-state index is 14.3. The number of fused-ring (bicyclic) bond motifs is 2. The molecule has 40 heavy (non-hydrogen) atoms. The van der Waals surface area contributed by atoms with Crippen molar-refractivity contribution in [2.75, 3.05) is 11.1 Å². The van der Waals surface area contributed by atoms with Gasteiger partial charge in [0.15, 0.2) is 0 Å². The van der Waals surface area contributed by atoms with Crippen molar-refractivity contribution in [3.8, 4) is 23.8 Å². The van der Waals surface area contributed by atoms with E-state index >= 15 is 0 Å². The van der Waals surface area contributed by atoms with Gasteiger partial charge in [0.1, 0.15) is 16.9 Å². The third-order valence-corrected chi connectivity index (χ3v) is 8.07. The molecule has 3 atom stereocenters. The Bertz CT molecular complexity index is 1710. The van der Waals surface area contributed by atoms with Gasteiger partial charge in [-0.25, -0.2) is 0 Å². The number of nitrogens with one attached hydrogen (secondary N) is 2. The fourth-order valence-electron chi connectivity index (χ4n) is 5.89. The number of hydrogen-bond acceptors (Lipinski definition) is 4. The molecule has 4 aromatic rings. The number of hydrogen-bond donors (Lipinski definition) is 3. The first-order valence-electron chi connectivity index (χ1n) is 12.6. The van der Waals surface area contributed by atoms with Gasteiger partial charge in [-0.2, -0.15) is 0 Å². The summed E-state index contributed by atoms with van der Waals surface area (Å²) in [4.78, 5) is 27.7. The molecule has 4 N–H and O–H groups in total. The van der Waals surface area contributed by atoms with Crippen LogP contribution >= 0.6 is 23.2 Å². The molecule has 198 valence electrons. The lowest BCUT2D eigenvalue weighted by atomic mass is 9.59. The standard InChI is InChI=1S/C32H23Cl2N3O3/c1-2-18-6-13-28(40-23-10-8-22(35)9-11-23)24(14-18)30-32(25-12-7-21(34)16-27(25)36-31(32)39)26(17-29(38)37-30)19-4-3-5-20(33)15-19/h1,3-16,26,30H,17,35H2,(H,36,39)(H,37,38)/t26-,30+,32-/m0/s1. The summed E-state index contributed by atoms with van der Waals surface area (Å²) in [6.07, 6.45) is 5.86. The number of benzene rings is 4. The summed E-state index contributed by atoms with van der Waals surface area (Å²) in [5.41, 5.74) is 8.37. The predicted molar refractivity (Wildman–Crippen MR) is 157 cm³/mol. The predicted octanol–water partition coefficient (Wildman–Crippen LogP) is 6.58. The Labute approximate surface area is 241 Å². The Balaban J connectivity index is 1.61. The van der Waals surface area contributed by atoms with Crippen molar-refractivity contribution in [2.45, 2.75) is 23.8 Å². The number of anilines is 2. The van der Waals surface area contributed by atoms with Gasteiger partial charge in [0.05, 0.1) is 6.04 Å². The molecule has 0 aromatic heterocycles. The topological polar surface area (TPSA) is 93.4 Å². The number of amides is 2. The number of carbonyl (C=O) groups is 2. The first-order valence-corrected chi connectivity index (χ1v) is 13.4. The van der Waals surface area contributed by atoms with Crippen LogP contribution in [0.5, 0.6) is 11.5 Å². The molecule has 4 aromatic carbocycles. The zero-order valence-electron chi connectivity index (χ0n) is 21.1. The summed E-state index contributed by atoms with van der Waals surface area (Å²) in [6, 6.07) is 24.0. The van der Waals surface area contributed by atoms with Gasteiger partial charge >= 0.3 is 0 Å². The highest BCUT2D eigenvalue weighted by atomic mass is 35.5. The summed E-state index contributed by atoms with van der Waals surface area (Å²) in [7, 11) is 0. The van der Waals surface area contributed by atoms with Crippen LogP contribution in [0, 0.1) is 12.3 Å². The molecule has 6 rings (SSSR count). The SMILES string of the molecule is C#Cc1ccc(Oc2ccc(N)cc2)c([C@H]2NC(=O)C[C@@H](c3cccc(Cl)c3)[C@]23C(=O)Nc2cc(Cl)ccc23)c1.